The van der Waals surface area contributed by atoms with Crippen LogP contribution in [0.25, 0.3) is 0 Å². The van der Waals surface area contributed by atoms with E-state index < -0.39 is 0 Å². The standard InChI is InChI=1S/C21H31N3O4/c1-3-5-10-22-20(26)15-23-11-13-24(14-12-23)21(27)16-28-18-8-6-17(7-9-18)19(25)4-2/h6-9H,3-5,10-16H2,1-2H3,(H,22,26). The number of hydrogen-bond donors (Lipinski definition) is 1. The van der Waals surface area contributed by atoms with Gasteiger partial charge in [-0.1, -0.05) is 20.3 Å². The molecule has 1 saturated heterocycles. The Hall–Kier alpha value is -2.41. The number of unbranched alkanes of at least 4 members (excludes halogenated alkanes) is 1. The largest absolute Gasteiger partial charge is 0.484 e. The summed E-state index contributed by atoms with van der Waals surface area (Å²) in [6.45, 7) is 7.53. The van der Waals surface area contributed by atoms with E-state index in [1.54, 1.807) is 29.2 Å². The van der Waals surface area contributed by atoms with Crippen LogP contribution in [0.15, 0.2) is 24.3 Å². The minimum Gasteiger partial charge on any atom is -0.484 e. The summed E-state index contributed by atoms with van der Waals surface area (Å²) in [7, 11) is 0. The van der Waals surface area contributed by atoms with Crippen LogP contribution in [0.3, 0.4) is 0 Å². The Balaban J connectivity index is 1.69. The molecule has 0 aromatic heterocycles. The Bertz CT molecular complexity index is 652. The van der Waals surface area contributed by atoms with Gasteiger partial charge >= 0.3 is 0 Å². The molecule has 0 unspecified atom stereocenters. The molecule has 28 heavy (non-hydrogen) atoms. The van der Waals surface area contributed by atoms with Gasteiger partial charge in [-0.15, -0.1) is 0 Å². The molecule has 2 amide bonds. The molecule has 1 N–H and O–H groups in total. The molecule has 1 aromatic carbocycles. The highest BCUT2D eigenvalue weighted by Gasteiger charge is 2.22. The molecule has 7 heteroatoms. The van der Waals surface area contributed by atoms with Crippen molar-refractivity contribution in [3.8, 4) is 5.75 Å². The van der Waals surface area contributed by atoms with Crippen molar-refractivity contribution in [1.29, 1.82) is 0 Å². The molecule has 1 fully saturated rings. The predicted octanol–water partition coefficient (Wildman–Crippen LogP) is 1.72. The highest BCUT2D eigenvalue weighted by atomic mass is 16.5. The van der Waals surface area contributed by atoms with E-state index >= 15 is 0 Å². The number of amides is 2. The first kappa shape index (κ1) is 21.9. The Morgan fingerprint density at radius 2 is 1.71 bits per heavy atom. The van der Waals surface area contributed by atoms with Crippen LogP contribution in [0.1, 0.15) is 43.5 Å². The number of nitrogens with one attached hydrogen (secondary N) is 1. The van der Waals surface area contributed by atoms with Gasteiger partial charge in [-0.3, -0.25) is 19.3 Å². The van der Waals surface area contributed by atoms with E-state index in [0.717, 1.165) is 19.4 Å². The minimum absolute atomic E-state index is 0.0292. The van der Waals surface area contributed by atoms with Gasteiger partial charge in [0.25, 0.3) is 5.91 Å². The fourth-order valence-electron chi connectivity index (χ4n) is 3.00. The third-order valence-electron chi connectivity index (χ3n) is 4.80. The molecule has 0 atom stereocenters. The number of ketones is 1. The first-order valence-electron chi connectivity index (χ1n) is 10.1. The molecule has 7 nitrogen and oxygen atoms in total. The van der Waals surface area contributed by atoms with Crippen LogP contribution < -0.4 is 10.1 Å². The number of hydrogen-bond acceptors (Lipinski definition) is 5. The average molecular weight is 389 g/mol. The molecule has 154 valence electrons. The summed E-state index contributed by atoms with van der Waals surface area (Å²) >= 11 is 0. The number of piperazine rings is 1. The van der Waals surface area contributed by atoms with Gasteiger partial charge in [-0.2, -0.15) is 0 Å². The van der Waals surface area contributed by atoms with Crippen molar-refractivity contribution < 1.29 is 19.1 Å². The monoisotopic (exact) mass is 389 g/mol. The van der Waals surface area contributed by atoms with Gasteiger partial charge in [-0.05, 0) is 30.7 Å². The van der Waals surface area contributed by atoms with Crippen molar-refractivity contribution in [1.82, 2.24) is 15.1 Å². The van der Waals surface area contributed by atoms with Crippen molar-refractivity contribution in [2.75, 3.05) is 45.9 Å². The van der Waals surface area contributed by atoms with E-state index in [1.807, 2.05) is 6.92 Å². The fourth-order valence-corrected chi connectivity index (χ4v) is 3.00. The highest BCUT2D eigenvalue weighted by molar-refractivity contribution is 5.95. The number of rotatable bonds is 10. The van der Waals surface area contributed by atoms with Crippen LogP contribution in [0.2, 0.25) is 0 Å². The molecule has 1 aliphatic heterocycles. The SMILES string of the molecule is CCCCNC(=O)CN1CCN(C(=O)COc2ccc(C(=O)CC)cc2)CC1. The molecule has 0 radical (unpaired) electrons. The molecule has 0 aliphatic carbocycles. The quantitative estimate of drug-likeness (QED) is 0.487. The smallest absolute Gasteiger partial charge is 0.260 e. The molecular formula is C21H31N3O4. The van der Waals surface area contributed by atoms with Crippen molar-refractivity contribution in [3.05, 3.63) is 29.8 Å². The lowest BCUT2D eigenvalue weighted by Gasteiger charge is -2.34. The van der Waals surface area contributed by atoms with Crippen LogP contribution in [0, 0.1) is 0 Å². The summed E-state index contributed by atoms with van der Waals surface area (Å²) in [5.41, 5.74) is 0.649. The molecule has 0 spiro atoms. The van der Waals surface area contributed by atoms with Crippen molar-refractivity contribution in [3.63, 3.8) is 0 Å². The van der Waals surface area contributed by atoms with E-state index in [0.29, 0.717) is 50.5 Å². The number of carbonyl (C=O) groups is 3. The van der Waals surface area contributed by atoms with E-state index in [2.05, 4.69) is 17.1 Å². The van der Waals surface area contributed by atoms with Crippen LogP contribution in [-0.2, 0) is 9.59 Å². The van der Waals surface area contributed by atoms with Gasteiger partial charge in [0.1, 0.15) is 5.75 Å². The number of carbonyl (C=O) groups excluding carboxylic acids is 3. The van der Waals surface area contributed by atoms with Crippen LogP contribution in [-0.4, -0.2) is 73.3 Å². The average Bonchev–Trinajstić information content (AvgIpc) is 2.72. The number of nitrogens with zero attached hydrogens (tertiary/aromatic N) is 2. The van der Waals surface area contributed by atoms with Crippen LogP contribution >= 0.6 is 0 Å². The Labute approximate surface area is 167 Å². The first-order chi connectivity index (χ1) is 13.5. The van der Waals surface area contributed by atoms with Gasteiger partial charge in [0.15, 0.2) is 12.4 Å². The lowest BCUT2D eigenvalue weighted by Crippen LogP contribution is -2.52. The summed E-state index contributed by atoms with van der Waals surface area (Å²) in [5.74, 6) is 0.630. The molecule has 2 rings (SSSR count). The second kappa shape index (κ2) is 11.4. The van der Waals surface area contributed by atoms with Crippen LogP contribution in [0.4, 0.5) is 0 Å². The lowest BCUT2D eigenvalue weighted by atomic mass is 10.1. The van der Waals surface area contributed by atoms with E-state index in [9.17, 15) is 14.4 Å². The minimum atomic E-state index is -0.0687. The van der Waals surface area contributed by atoms with Gasteiger partial charge in [0.2, 0.25) is 5.91 Å². The van der Waals surface area contributed by atoms with E-state index in [1.165, 1.54) is 0 Å². The summed E-state index contributed by atoms with van der Waals surface area (Å²) in [5, 5.41) is 2.92. The maximum absolute atomic E-state index is 12.3. The normalized spacial score (nSPS) is 14.6. The van der Waals surface area contributed by atoms with Gasteiger partial charge < -0.3 is 15.0 Å². The number of ether oxygens (including phenoxy) is 1. The lowest BCUT2D eigenvalue weighted by molar-refractivity contribution is -0.135. The zero-order valence-corrected chi connectivity index (χ0v) is 16.9. The highest BCUT2D eigenvalue weighted by Crippen LogP contribution is 2.14. The summed E-state index contributed by atoms with van der Waals surface area (Å²) < 4.78 is 5.56. The molecule has 0 saturated carbocycles. The summed E-state index contributed by atoms with van der Waals surface area (Å²) in [4.78, 5) is 39.7. The zero-order chi connectivity index (χ0) is 20.4. The fraction of sp³-hybridized carbons (Fsp3) is 0.571. The van der Waals surface area contributed by atoms with E-state index in [4.69, 9.17) is 4.74 Å². The van der Waals surface area contributed by atoms with Gasteiger partial charge in [-0.25, -0.2) is 0 Å². The molecule has 0 bridgehead atoms. The Morgan fingerprint density at radius 3 is 2.32 bits per heavy atom. The third-order valence-corrected chi connectivity index (χ3v) is 4.80. The van der Waals surface area contributed by atoms with Crippen molar-refractivity contribution in [2.24, 2.45) is 0 Å². The maximum Gasteiger partial charge on any atom is 0.260 e. The molecule has 1 aliphatic rings. The van der Waals surface area contributed by atoms with E-state index in [-0.39, 0.29) is 24.2 Å². The van der Waals surface area contributed by atoms with Crippen molar-refractivity contribution >= 4 is 17.6 Å². The second-order valence-electron chi connectivity index (χ2n) is 6.95. The predicted molar refractivity (Wildman–Crippen MR) is 107 cm³/mol. The molecule has 1 heterocycles. The van der Waals surface area contributed by atoms with Gasteiger partial charge in [0, 0.05) is 44.7 Å². The third kappa shape index (κ3) is 6.96. The van der Waals surface area contributed by atoms with Gasteiger partial charge in [0.05, 0.1) is 6.54 Å². The number of benzene rings is 1. The first-order valence-corrected chi connectivity index (χ1v) is 10.1. The maximum atomic E-state index is 12.3. The topological polar surface area (TPSA) is 79.0 Å². The molecule has 1 aromatic rings. The molecular weight excluding hydrogens is 358 g/mol. The number of Topliss-reactive ketones (excluding diaryl/α,β-unsaturated/α-hetero) is 1. The summed E-state index contributed by atoms with van der Waals surface area (Å²) in [6, 6.07) is 6.86. The summed E-state index contributed by atoms with van der Waals surface area (Å²) in [6.07, 6.45) is 2.51. The van der Waals surface area contributed by atoms with Crippen LogP contribution in [0.5, 0.6) is 5.75 Å². The Kier molecular flexibility index (Phi) is 8.94. The zero-order valence-electron chi connectivity index (χ0n) is 16.9. The Morgan fingerprint density at radius 1 is 1.04 bits per heavy atom. The van der Waals surface area contributed by atoms with Crippen molar-refractivity contribution in [2.45, 2.75) is 33.1 Å². The second-order valence-corrected chi connectivity index (χ2v) is 6.95.